The molecule has 0 aliphatic heterocycles. The number of aromatic amines is 2. The van der Waals surface area contributed by atoms with Crippen LogP contribution in [0.3, 0.4) is 0 Å². The number of carbonyl (C=O) groups is 1. The number of H-pyrrole nitrogens is 2. The van der Waals surface area contributed by atoms with E-state index in [1.165, 1.54) is 0 Å². The molecule has 4 aromatic rings. The summed E-state index contributed by atoms with van der Waals surface area (Å²) in [6.45, 7) is 0. The number of amides is 1. The summed E-state index contributed by atoms with van der Waals surface area (Å²) in [5, 5.41) is 2.86. The molecule has 0 aliphatic carbocycles. The van der Waals surface area contributed by atoms with E-state index in [1.54, 1.807) is 18.2 Å². The molecule has 1 amide bonds. The minimum absolute atomic E-state index is 0.102. The molecule has 0 saturated carbocycles. The fourth-order valence-corrected chi connectivity index (χ4v) is 2.95. The minimum Gasteiger partial charge on any atom is -0.326 e. The van der Waals surface area contributed by atoms with Crippen LogP contribution in [-0.2, 0) is 11.2 Å². The maximum Gasteiger partial charge on any atom is 0.323 e. The van der Waals surface area contributed by atoms with Crippen LogP contribution in [0.5, 0.6) is 0 Å². The lowest BCUT2D eigenvalue weighted by Gasteiger charge is -2.07. The van der Waals surface area contributed by atoms with Crippen LogP contribution in [0.1, 0.15) is 5.56 Å². The molecule has 3 N–H and O–H groups in total. The van der Waals surface area contributed by atoms with E-state index in [-0.39, 0.29) is 18.0 Å². The largest absolute Gasteiger partial charge is 0.326 e. The summed E-state index contributed by atoms with van der Waals surface area (Å²) in [4.78, 5) is 28.9. The van der Waals surface area contributed by atoms with E-state index in [4.69, 9.17) is 0 Å². The van der Waals surface area contributed by atoms with Gasteiger partial charge in [0.05, 0.1) is 17.5 Å². The molecular weight excluding hydrogens is 326 g/mol. The van der Waals surface area contributed by atoms with Gasteiger partial charge < -0.3 is 15.3 Å². The van der Waals surface area contributed by atoms with Crippen LogP contribution in [0.15, 0.2) is 77.6 Å². The van der Waals surface area contributed by atoms with Crippen LogP contribution in [0.4, 0.5) is 5.69 Å². The molecular formula is C21H17N3O2. The molecule has 0 spiro atoms. The van der Waals surface area contributed by atoms with E-state index in [2.05, 4.69) is 27.4 Å². The van der Waals surface area contributed by atoms with Crippen LogP contribution in [0.25, 0.3) is 22.2 Å². The molecule has 26 heavy (non-hydrogen) atoms. The highest BCUT2D eigenvalue weighted by atomic mass is 16.1. The standard InChI is InChI=1S/C21H17N3O2/c25-20(22-17-10-11-18-19(13-17)24-21(26)23-18)12-14-6-8-16(9-7-14)15-4-2-1-3-5-15/h1-11,13H,12H2,(H,22,25)(H2,23,24,26). The fourth-order valence-electron chi connectivity index (χ4n) is 2.95. The smallest absolute Gasteiger partial charge is 0.323 e. The topological polar surface area (TPSA) is 77.8 Å². The van der Waals surface area contributed by atoms with Crippen molar-refractivity contribution < 1.29 is 4.79 Å². The van der Waals surface area contributed by atoms with E-state index >= 15 is 0 Å². The lowest BCUT2D eigenvalue weighted by atomic mass is 10.0. The molecule has 0 unspecified atom stereocenters. The molecule has 5 nitrogen and oxygen atoms in total. The van der Waals surface area contributed by atoms with Crippen molar-refractivity contribution in [3.05, 3.63) is 88.8 Å². The molecule has 0 saturated heterocycles. The maximum atomic E-state index is 12.3. The highest BCUT2D eigenvalue weighted by Gasteiger charge is 2.06. The molecule has 0 atom stereocenters. The number of rotatable bonds is 4. The Morgan fingerprint density at radius 2 is 1.50 bits per heavy atom. The van der Waals surface area contributed by atoms with Gasteiger partial charge in [0, 0.05) is 5.69 Å². The number of carbonyl (C=O) groups excluding carboxylic acids is 1. The molecule has 3 aromatic carbocycles. The molecule has 128 valence electrons. The average Bonchev–Trinajstić information content (AvgIpc) is 3.02. The Bertz CT molecular complexity index is 1110. The molecule has 0 fully saturated rings. The normalized spacial score (nSPS) is 10.8. The number of imidazole rings is 1. The van der Waals surface area contributed by atoms with Gasteiger partial charge in [-0.05, 0) is 34.9 Å². The molecule has 4 rings (SSSR count). The first-order valence-corrected chi connectivity index (χ1v) is 8.34. The molecule has 5 heteroatoms. The van der Waals surface area contributed by atoms with Crippen molar-refractivity contribution >= 4 is 22.6 Å². The fraction of sp³-hybridized carbons (Fsp3) is 0.0476. The van der Waals surface area contributed by atoms with Gasteiger partial charge >= 0.3 is 5.69 Å². The van der Waals surface area contributed by atoms with E-state index in [9.17, 15) is 9.59 Å². The third-order valence-corrected chi connectivity index (χ3v) is 4.23. The summed E-state index contributed by atoms with van der Waals surface area (Å²) in [6.07, 6.45) is 0.288. The number of hydrogen-bond donors (Lipinski definition) is 3. The van der Waals surface area contributed by atoms with Crippen LogP contribution in [0.2, 0.25) is 0 Å². The number of nitrogens with one attached hydrogen (secondary N) is 3. The Morgan fingerprint density at radius 1 is 0.808 bits per heavy atom. The third-order valence-electron chi connectivity index (χ3n) is 4.23. The Balaban J connectivity index is 1.44. The highest BCUT2D eigenvalue weighted by molar-refractivity contribution is 5.94. The van der Waals surface area contributed by atoms with Crippen molar-refractivity contribution in [2.75, 3.05) is 5.32 Å². The summed E-state index contributed by atoms with van der Waals surface area (Å²) in [5.74, 6) is -0.102. The lowest BCUT2D eigenvalue weighted by molar-refractivity contribution is -0.115. The first-order valence-electron chi connectivity index (χ1n) is 8.34. The van der Waals surface area contributed by atoms with Gasteiger partial charge in [0.2, 0.25) is 5.91 Å². The van der Waals surface area contributed by atoms with Crippen molar-refractivity contribution in [3.63, 3.8) is 0 Å². The van der Waals surface area contributed by atoms with Crippen molar-refractivity contribution in [1.82, 2.24) is 9.97 Å². The predicted octanol–water partition coefficient (Wildman–Crippen LogP) is 3.70. The number of fused-ring (bicyclic) bond motifs is 1. The zero-order valence-corrected chi connectivity index (χ0v) is 14.0. The number of benzene rings is 3. The minimum atomic E-state index is -0.262. The Labute approximate surface area is 149 Å². The highest BCUT2D eigenvalue weighted by Crippen LogP contribution is 2.20. The average molecular weight is 343 g/mol. The third kappa shape index (κ3) is 3.42. The zero-order chi connectivity index (χ0) is 17.9. The second kappa shape index (κ2) is 6.72. The summed E-state index contributed by atoms with van der Waals surface area (Å²) in [5.41, 5.74) is 4.98. The van der Waals surface area contributed by atoms with Crippen molar-refractivity contribution in [3.8, 4) is 11.1 Å². The maximum absolute atomic E-state index is 12.3. The van der Waals surface area contributed by atoms with Crippen LogP contribution < -0.4 is 11.0 Å². The zero-order valence-electron chi connectivity index (χ0n) is 14.0. The van der Waals surface area contributed by atoms with Gasteiger partial charge in [-0.3, -0.25) is 4.79 Å². The van der Waals surface area contributed by atoms with Gasteiger partial charge in [-0.25, -0.2) is 4.79 Å². The van der Waals surface area contributed by atoms with E-state index in [1.807, 2.05) is 42.5 Å². The summed E-state index contributed by atoms with van der Waals surface area (Å²) in [6, 6.07) is 23.4. The van der Waals surface area contributed by atoms with Gasteiger partial charge in [0.1, 0.15) is 0 Å². The van der Waals surface area contributed by atoms with Crippen LogP contribution >= 0.6 is 0 Å². The van der Waals surface area contributed by atoms with E-state index in [0.29, 0.717) is 16.7 Å². The van der Waals surface area contributed by atoms with Gasteiger partial charge in [0.25, 0.3) is 0 Å². The SMILES string of the molecule is O=C(Cc1ccc(-c2ccccc2)cc1)Nc1ccc2[nH]c(=O)[nH]c2c1. The van der Waals surface area contributed by atoms with Gasteiger partial charge in [-0.1, -0.05) is 54.6 Å². The molecule has 0 aliphatic rings. The number of hydrogen-bond acceptors (Lipinski definition) is 2. The number of aromatic nitrogens is 2. The van der Waals surface area contributed by atoms with Gasteiger partial charge in [-0.15, -0.1) is 0 Å². The Kier molecular flexibility index (Phi) is 4.11. The van der Waals surface area contributed by atoms with Crippen LogP contribution in [0, 0.1) is 0 Å². The van der Waals surface area contributed by atoms with E-state index < -0.39 is 0 Å². The van der Waals surface area contributed by atoms with Crippen LogP contribution in [-0.4, -0.2) is 15.9 Å². The Hall–Kier alpha value is -3.60. The first-order chi connectivity index (χ1) is 12.7. The second-order valence-electron chi connectivity index (χ2n) is 6.13. The summed E-state index contributed by atoms with van der Waals surface area (Å²) < 4.78 is 0. The molecule has 0 bridgehead atoms. The molecule has 1 aromatic heterocycles. The Morgan fingerprint density at radius 3 is 2.27 bits per heavy atom. The summed E-state index contributed by atoms with van der Waals surface area (Å²) in [7, 11) is 0. The molecule has 1 heterocycles. The molecule has 0 radical (unpaired) electrons. The van der Waals surface area contributed by atoms with Crippen molar-refractivity contribution in [1.29, 1.82) is 0 Å². The first kappa shape index (κ1) is 15.9. The van der Waals surface area contributed by atoms with Gasteiger partial charge in [-0.2, -0.15) is 0 Å². The monoisotopic (exact) mass is 343 g/mol. The van der Waals surface area contributed by atoms with Crippen molar-refractivity contribution in [2.45, 2.75) is 6.42 Å². The number of anilines is 1. The van der Waals surface area contributed by atoms with Gasteiger partial charge in [0.15, 0.2) is 0 Å². The summed E-state index contributed by atoms with van der Waals surface area (Å²) >= 11 is 0. The van der Waals surface area contributed by atoms with E-state index in [0.717, 1.165) is 16.7 Å². The quantitative estimate of drug-likeness (QED) is 0.528. The van der Waals surface area contributed by atoms with Crippen molar-refractivity contribution in [2.24, 2.45) is 0 Å². The lowest BCUT2D eigenvalue weighted by Crippen LogP contribution is -2.14. The second-order valence-corrected chi connectivity index (χ2v) is 6.13. The predicted molar refractivity (Wildman–Crippen MR) is 103 cm³/mol.